The zero-order valence-electron chi connectivity index (χ0n) is 12.5. The second-order valence-corrected chi connectivity index (χ2v) is 6.32. The molecule has 1 saturated heterocycles. The Hall–Kier alpha value is -1.80. The average molecular weight is 278 g/mol. The molecule has 2 aliphatic heterocycles. The van der Waals surface area contributed by atoms with Crippen LogP contribution in [-0.2, 0) is 0 Å². The van der Waals surface area contributed by atoms with Crippen LogP contribution in [0.1, 0.15) is 29.9 Å². The van der Waals surface area contributed by atoms with Crippen LogP contribution in [0, 0.1) is 6.92 Å². The van der Waals surface area contributed by atoms with Gasteiger partial charge in [-0.05, 0) is 55.6 Å². The number of anilines is 1. The lowest BCUT2D eigenvalue weighted by Gasteiger charge is -2.18. The van der Waals surface area contributed by atoms with E-state index in [1.54, 1.807) is 0 Å². The highest BCUT2D eigenvalue weighted by atomic mass is 15.0. The molecule has 0 aliphatic carbocycles. The van der Waals surface area contributed by atoms with E-state index < -0.39 is 0 Å². The molecule has 2 nitrogen and oxygen atoms in total. The summed E-state index contributed by atoms with van der Waals surface area (Å²) in [5.74, 6) is 0.645. The summed E-state index contributed by atoms with van der Waals surface area (Å²) < 4.78 is 0. The summed E-state index contributed by atoms with van der Waals surface area (Å²) in [6, 6.07) is 16.2. The van der Waals surface area contributed by atoms with Crippen molar-refractivity contribution in [1.29, 1.82) is 0 Å². The number of benzene rings is 2. The standard InChI is InChI=1S/C19H22N2/c1-13-4-2-5-14(12-13)15-6-3-7-18-19(15)16-8-10-20-11-9-17(16)21-18/h2-7,12,16-17,20-21H,8-11H2,1H3/t16-,17+/m1/s1. The zero-order chi connectivity index (χ0) is 14.2. The van der Waals surface area contributed by atoms with E-state index in [-0.39, 0.29) is 0 Å². The molecule has 0 amide bonds. The number of hydrogen-bond acceptors (Lipinski definition) is 2. The fourth-order valence-electron chi connectivity index (χ4n) is 3.92. The van der Waals surface area contributed by atoms with Crippen LogP contribution < -0.4 is 10.6 Å². The Morgan fingerprint density at radius 2 is 1.86 bits per heavy atom. The molecule has 0 saturated carbocycles. The molecule has 0 unspecified atom stereocenters. The predicted molar refractivity (Wildman–Crippen MR) is 88.9 cm³/mol. The van der Waals surface area contributed by atoms with Gasteiger partial charge in [0.2, 0.25) is 0 Å². The molecule has 1 fully saturated rings. The van der Waals surface area contributed by atoms with Gasteiger partial charge in [0.25, 0.3) is 0 Å². The fourth-order valence-corrected chi connectivity index (χ4v) is 3.92. The van der Waals surface area contributed by atoms with Gasteiger partial charge in [0.15, 0.2) is 0 Å². The van der Waals surface area contributed by atoms with E-state index in [0.717, 1.165) is 13.1 Å². The number of fused-ring (bicyclic) bond motifs is 3. The fraction of sp³-hybridized carbons (Fsp3) is 0.368. The minimum absolute atomic E-state index is 0.598. The summed E-state index contributed by atoms with van der Waals surface area (Å²) in [6.45, 7) is 4.43. The molecule has 0 radical (unpaired) electrons. The molecule has 2 atom stereocenters. The van der Waals surface area contributed by atoms with Crippen molar-refractivity contribution in [3.63, 3.8) is 0 Å². The molecule has 2 heteroatoms. The third kappa shape index (κ3) is 2.24. The van der Waals surface area contributed by atoms with Gasteiger partial charge < -0.3 is 10.6 Å². The molecule has 2 heterocycles. The topological polar surface area (TPSA) is 24.1 Å². The summed E-state index contributed by atoms with van der Waals surface area (Å²) in [7, 11) is 0. The Bertz CT molecular complexity index is 662. The van der Waals surface area contributed by atoms with Crippen molar-refractivity contribution < 1.29 is 0 Å². The molecule has 2 aliphatic rings. The van der Waals surface area contributed by atoms with Crippen molar-refractivity contribution in [2.75, 3.05) is 18.4 Å². The minimum Gasteiger partial charge on any atom is -0.381 e. The molecular formula is C19H22N2. The van der Waals surface area contributed by atoms with Gasteiger partial charge in [-0.15, -0.1) is 0 Å². The van der Waals surface area contributed by atoms with Gasteiger partial charge >= 0.3 is 0 Å². The molecule has 2 aromatic rings. The monoisotopic (exact) mass is 278 g/mol. The van der Waals surface area contributed by atoms with Gasteiger partial charge in [-0.25, -0.2) is 0 Å². The summed E-state index contributed by atoms with van der Waals surface area (Å²) >= 11 is 0. The molecule has 0 spiro atoms. The molecular weight excluding hydrogens is 256 g/mol. The molecule has 0 aromatic heterocycles. The number of aryl methyl sites for hydroxylation is 1. The Morgan fingerprint density at radius 1 is 1.00 bits per heavy atom. The van der Waals surface area contributed by atoms with Crippen molar-refractivity contribution in [2.24, 2.45) is 0 Å². The second-order valence-electron chi connectivity index (χ2n) is 6.32. The molecule has 2 N–H and O–H groups in total. The predicted octanol–water partition coefficient (Wildman–Crippen LogP) is 3.92. The van der Waals surface area contributed by atoms with Gasteiger partial charge in [0.05, 0.1) is 0 Å². The highest BCUT2D eigenvalue weighted by molar-refractivity contribution is 5.78. The van der Waals surface area contributed by atoms with Crippen molar-refractivity contribution in [3.05, 3.63) is 53.6 Å². The van der Waals surface area contributed by atoms with Gasteiger partial charge in [-0.2, -0.15) is 0 Å². The van der Waals surface area contributed by atoms with Gasteiger partial charge in [-0.3, -0.25) is 0 Å². The molecule has 21 heavy (non-hydrogen) atoms. The summed E-state index contributed by atoms with van der Waals surface area (Å²) in [5, 5.41) is 7.30. The SMILES string of the molecule is Cc1cccc(-c2cccc3c2[C@@H]2CCNCC[C@@H]2N3)c1. The Labute approximate surface area is 126 Å². The van der Waals surface area contributed by atoms with E-state index in [1.165, 1.54) is 40.8 Å². The first-order valence-corrected chi connectivity index (χ1v) is 8.00. The number of nitrogens with one attached hydrogen (secondary N) is 2. The molecule has 4 rings (SSSR count). The van der Waals surface area contributed by atoms with Crippen LogP contribution in [0.2, 0.25) is 0 Å². The van der Waals surface area contributed by atoms with E-state index in [9.17, 15) is 0 Å². The molecule has 108 valence electrons. The Morgan fingerprint density at radius 3 is 2.76 bits per heavy atom. The van der Waals surface area contributed by atoms with Crippen molar-refractivity contribution >= 4 is 5.69 Å². The van der Waals surface area contributed by atoms with E-state index in [2.05, 4.69) is 60.0 Å². The van der Waals surface area contributed by atoms with Crippen LogP contribution in [-0.4, -0.2) is 19.1 Å². The first-order chi connectivity index (χ1) is 10.3. The maximum absolute atomic E-state index is 3.76. The van der Waals surface area contributed by atoms with Crippen molar-refractivity contribution in [1.82, 2.24) is 5.32 Å². The van der Waals surface area contributed by atoms with E-state index >= 15 is 0 Å². The largest absolute Gasteiger partial charge is 0.381 e. The van der Waals surface area contributed by atoms with Gasteiger partial charge in [0, 0.05) is 17.6 Å². The average Bonchev–Trinajstić information content (AvgIpc) is 2.69. The molecule has 2 aromatic carbocycles. The lowest BCUT2D eigenvalue weighted by Crippen LogP contribution is -2.21. The lowest BCUT2D eigenvalue weighted by atomic mass is 9.86. The van der Waals surface area contributed by atoms with Crippen LogP contribution in [0.15, 0.2) is 42.5 Å². The van der Waals surface area contributed by atoms with E-state index in [0.29, 0.717) is 12.0 Å². The van der Waals surface area contributed by atoms with Gasteiger partial charge in [-0.1, -0.05) is 42.0 Å². The zero-order valence-corrected chi connectivity index (χ0v) is 12.5. The van der Waals surface area contributed by atoms with Crippen LogP contribution in [0.5, 0.6) is 0 Å². The van der Waals surface area contributed by atoms with Crippen LogP contribution in [0.25, 0.3) is 11.1 Å². The van der Waals surface area contributed by atoms with E-state index in [4.69, 9.17) is 0 Å². The summed E-state index contributed by atoms with van der Waals surface area (Å²) in [6.07, 6.45) is 2.44. The first kappa shape index (κ1) is 12.9. The lowest BCUT2D eigenvalue weighted by molar-refractivity contribution is 0.579. The maximum atomic E-state index is 3.76. The van der Waals surface area contributed by atoms with Crippen molar-refractivity contribution in [2.45, 2.75) is 31.7 Å². The first-order valence-electron chi connectivity index (χ1n) is 8.00. The second kappa shape index (κ2) is 5.19. The normalized spacial score (nSPS) is 23.9. The van der Waals surface area contributed by atoms with Crippen LogP contribution >= 0.6 is 0 Å². The third-order valence-corrected chi connectivity index (χ3v) is 4.90. The van der Waals surface area contributed by atoms with Crippen LogP contribution in [0.3, 0.4) is 0 Å². The Kier molecular flexibility index (Phi) is 3.19. The van der Waals surface area contributed by atoms with Crippen molar-refractivity contribution in [3.8, 4) is 11.1 Å². The minimum atomic E-state index is 0.598. The van der Waals surface area contributed by atoms with Gasteiger partial charge in [0.1, 0.15) is 0 Å². The number of rotatable bonds is 1. The smallest absolute Gasteiger partial charge is 0.0384 e. The Balaban J connectivity index is 1.83. The quantitative estimate of drug-likeness (QED) is 0.826. The highest BCUT2D eigenvalue weighted by Crippen LogP contribution is 2.45. The summed E-state index contributed by atoms with van der Waals surface area (Å²) in [4.78, 5) is 0. The third-order valence-electron chi connectivity index (χ3n) is 4.90. The number of hydrogen-bond donors (Lipinski definition) is 2. The van der Waals surface area contributed by atoms with Crippen LogP contribution in [0.4, 0.5) is 5.69 Å². The summed E-state index contributed by atoms with van der Waals surface area (Å²) in [5.41, 5.74) is 6.99. The molecule has 0 bridgehead atoms. The maximum Gasteiger partial charge on any atom is 0.0384 e. The van der Waals surface area contributed by atoms with E-state index in [1.807, 2.05) is 0 Å². The highest BCUT2D eigenvalue weighted by Gasteiger charge is 2.34.